The van der Waals surface area contributed by atoms with Crippen LogP contribution in [-0.4, -0.2) is 20.6 Å². The molecule has 0 radical (unpaired) electrons. The Morgan fingerprint density at radius 3 is 2.86 bits per heavy atom. The summed E-state index contributed by atoms with van der Waals surface area (Å²) in [5.74, 6) is -0.859. The normalized spacial score (nSPS) is 13.7. The van der Waals surface area contributed by atoms with Crippen molar-refractivity contribution in [3.63, 3.8) is 0 Å². The van der Waals surface area contributed by atoms with Crippen molar-refractivity contribution >= 4 is 27.5 Å². The van der Waals surface area contributed by atoms with Crippen LogP contribution in [0.15, 0.2) is 9.59 Å². The summed E-state index contributed by atoms with van der Waals surface area (Å²) in [5.41, 5.74) is 0.460. The van der Waals surface area contributed by atoms with Crippen molar-refractivity contribution in [2.45, 2.75) is 45.1 Å². The second-order valence-electron chi connectivity index (χ2n) is 5.30. The molecule has 0 aromatic carbocycles. The summed E-state index contributed by atoms with van der Waals surface area (Å²) >= 11 is 1.51. The number of aromatic nitrogens is 2. The monoisotopic (exact) mass is 308 g/mol. The van der Waals surface area contributed by atoms with E-state index in [0.717, 1.165) is 24.8 Å². The molecule has 1 aliphatic rings. The zero-order valence-electron chi connectivity index (χ0n) is 11.5. The number of unbranched alkanes of at least 4 members (excludes halogenated alkanes) is 1. The molecule has 6 nitrogen and oxygen atoms in total. The number of aryl methyl sites for hydroxylation is 2. The van der Waals surface area contributed by atoms with Crippen LogP contribution in [-0.2, 0) is 24.2 Å². The summed E-state index contributed by atoms with van der Waals surface area (Å²) in [4.78, 5) is 39.7. The van der Waals surface area contributed by atoms with Gasteiger partial charge in [-0.1, -0.05) is 0 Å². The van der Waals surface area contributed by atoms with Gasteiger partial charge in [-0.15, -0.1) is 11.3 Å². The van der Waals surface area contributed by atoms with Gasteiger partial charge in [-0.2, -0.15) is 0 Å². The van der Waals surface area contributed by atoms with Crippen molar-refractivity contribution in [1.82, 2.24) is 9.55 Å². The van der Waals surface area contributed by atoms with E-state index in [1.54, 1.807) is 0 Å². The fraction of sp³-hybridized carbons (Fsp3) is 0.500. The number of carboxylic acid groups (broad SMARTS) is 1. The number of aromatic amines is 1. The minimum atomic E-state index is -0.859. The summed E-state index contributed by atoms with van der Waals surface area (Å²) in [6.45, 7) is 0.266. The Labute approximate surface area is 124 Å². The number of thiophene rings is 1. The molecule has 2 aromatic heterocycles. The third kappa shape index (κ3) is 2.53. The highest BCUT2D eigenvalue weighted by Crippen LogP contribution is 2.33. The quantitative estimate of drug-likeness (QED) is 0.819. The molecule has 112 valence electrons. The minimum Gasteiger partial charge on any atom is -0.481 e. The standard InChI is InChI=1S/C14H16N2O4S/c17-10(18)6-1-2-7-16-13(19)11-8-4-3-5-9(8)21-12(11)15-14(16)20/h1-7H2,(H,15,20)(H,17,18). The first-order valence-electron chi connectivity index (χ1n) is 7.07. The Balaban J connectivity index is 1.94. The highest BCUT2D eigenvalue weighted by atomic mass is 32.1. The molecule has 1 aliphatic carbocycles. The van der Waals surface area contributed by atoms with E-state index >= 15 is 0 Å². The van der Waals surface area contributed by atoms with Crippen LogP contribution in [0.2, 0.25) is 0 Å². The number of nitrogens with zero attached hydrogens (tertiary/aromatic N) is 1. The lowest BCUT2D eigenvalue weighted by atomic mass is 10.2. The molecule has 0 aliphatic heterocycles. The fourth-order valence-electron chi connectivity index (χ4n) is 2.86. The molecule has 7 heteroatoms. The predicted molar refractivity (Wildman–Crippen MR) is 80.2 cm³/mol. The van der Waals surface area contributed by atoms with E-state index in [4.69, 9.17) is 5.11 Å². The Bertz CT molecular complexity index is 815. The Morgan fingerprint density at radius 1 is 1.29 bits per heavy atom. The van der Waals surface area contributed by atoms with Gasteiger partial charge in [-0.05, 0) is 37.7 Å². The highest BCUT2D eigenvalue weighted by molar-refractivity contribution is 7.18. The molecular formula is C14H16N2O4S. The zero-order chi connectivity index (χ0) is 15.0. The summed E-state index contributed by atoms with van der Waals surface area (Å²) in [6.07, 6.45) is 3.97. The van der Waals surface area contributed by atoms with Crippen molar-refractivity contribution in [3.8, 4) is 0 Å². The smallest absolute Gasteiger partial charge is 0.329 e. The second-order valence-corrected chi connectivity index (χ2v) is 6.40. The van der Waals surface area contributed by atoms with Crippen LogP contribution < -0.4 is 11.2 Å². The van der Waals surface area contributed by atoms with Crippen molar-refractivity contribution in [2.75, 3.05) is 0 Å². The van der Waals surface area contributed by atoms with Gasteiger partial charge >= 0.3 is 11.7 Å². The van der Waals surface area contributed by atoms with E-state index in [-0.39, 0.29) is 18.5 Å². The summed E-state index contributed by atoms with van der Waals surface area (Å²) in [6, 6.07) is 0. The number of H-pyrrole nitrogens is 1. The lowest BCUT2D eigenvalue weighted by Crippen LogP contribution is -2.35. The predicted octanol–water partition coefficient (Wildman–Crippen LogP) is 1.49. The van der Waals surface area contributed by atoms with Gasteiger partial charge in [0.05, 0.1) is 5.39 Å². The molecule has 0 amide bonds. The number of aliphatic carboxylic acids is 1. The molecule has 3 rings (SSSR count). The minimum absolute atomic E-state index is 0.0583. The molecule has 2 N–H and O–H groups in total. The fourth-order valence-corrected chi connectivity index (χ4v) is 4.13. The maximum Gasteiger partial charge on any atom is 0.329 e. The van der Waals surface area contributed by atoms with Crippen LogP contribution >= 0.6 is 11.3 Å². The molecular weight excluding hydrogens is 292 g/mol. The number of hydrogen-bond acceptors (Lipinski definition) is 4. The molecule has 0 fully saturated rings. The van der Waals surface area contributed by atoms with E-state index in [2.05, 4.69) is 4.98 Å². The maximum atomic E-state index is 12.5. The number of fused-ring (bicyclic) bond motifs is 3. The maximum absolute atomic E-state index is 12.5. The number of carboxylic acids is 1. The number of rotatable bonds is 5. The summed E-state index contributed by atoms with van der Waals surface area (Å²) in [5, 5.41) is 9.26. The molecule has 0 unspecified atom stereocenters. The van der Waals surface area contributed by atoms with Crippen LogP contribution in [0.5, 0.6) is 0 Å². The van der Waals surface area contributed by atoms with Crippen LogP contribution in [0.1, 0.15) is 36.1 Å². The van der Waals surface area contributed by atoms with Crippen molar-refractivity contribution < 1.29 is 9.90 Å². The Hall–Kier alpha value is -1.89. The van der Waals surface area contributed by atoms with E-state index < -0.39 is 11.7 Å². The largest absolute Gasteiger partial charge is 0.481 e. The Morgan fingerprint density at radius 2 is 2.10 bits per heavy atom. The third-order valence-corrected chi connectivity index (χ3v) is 5.08. The molecule has 2 aromatic rings. The summed E-state index contributed by atoms with van der Waals surface area (Å²) < 4.78 is 1.20. The van der Waals surface area contributed by atoms with Gasteiger partial charge in [-0.3, -0.25) is 19.1 Å². The van der Waals surface area contributed by atoms with Gasteiger partial charge in [0.25, 0.3) is 5.56 Å². The van der Waals surface area contributed by atoms with Crippen LogP contribution in [0.3, 0.4) is 0 Å². The lowest BCUT2D eigenvalue weighted by Gasteiger charge is -2.04. The Kier molecular flexibility index (Phi) is 3.67. The molecule has 2 heterocycles. The molecule has 21 heavy (non-hydrogen) atoms. The van der Waals surface area contributed by atoms with E-state index in [1.165, 1.54) is 20.8 Å². The first kappa shape index (κ1) is 14.1. The molecule has 0 saturated heterocycles. The van der Waals surface area contributed by atoms with Crippen LogP contribution in [0, 0.1) is 0 Å². The van der Waals surface area contributed by atoms with Gasteiger partial charge in [0.15, 0.2) is 0 Å². The van der Waals surface area contributed by atoms with E-state index in [9.17, 15) is 14.4 Å². The van der Waals surface area contributed by atoms with Crippen molar-refractivity contribution in [3.05, 3.63) is 31.3 Å². The molecule has 0 atom stereocenters. The highest BCUT2D eigenvalue weighted by Gasteiger charge is 2.21. The number of carbonyl (C=O) groups is 1. The first-order chi connectivity index (χ1) is 10.1. The number of nitrogens with one attached hydrogen (secondary N) is 1. The van der Waals surface area contributed by atoms with Crippen molar-refractivity contribution in [2.24, 2.45) is 0 Å². The molecule has 0 spiro atoms. The topological polar surface area (TPSA) is 92.2 Å². The number of hydrogen-bond donors (Lipinski definition) is 2. The van der Waals surface area contributed by atoms with Gasteiger partial charge in [0.2, 0.25) is 0 Å². The average Bonchev–Trinajstić information content (AvgIpc) is 2.96. The van der Waals surface area contributed by atoms with Gasteiger partial charge < -0.3 is 5.11 Å². The van der Waals surface area contributed by atoms with Gasteiger partial charge in [-0.25, -0.2) is 4.79 Å². The third-order valence-electron chi connectivity index (χ3n) is 3.87. The average molecular weight is 308 g/mol. The van der Waals surface area contributed by atoms with Crippen LogP contribution in [0.25, 0.3) is 10.2 Å². The summed E-state index contributed by atoms with van der Waals surface area (Å²) in [7, 11) is 0. The molecule has 0 saturated carbocycles. The zero-order valence-corrected chi connectivity index (χ0v) is 12.3. The lowest BCUT2D eigenvalue weighted by molar-refractivity contribution is -0.137. The second kappa shape index (κ2) is 5.48. The van der Waals surface area contributed by atoms with E-state index in [1.807, 2.05) is 0 Å². The first-order valence-corrected chi connectivity index (χ1v) is 7.88. The molecule has 0 bridgehead atoms. The van der Waals surface area contributed by atoms with Gasteiger partial charge in [0, 0.05) is 17.8 Å². The van der Waals surface area contributed by atoms with Crippen LogP contribution in [0.4, 0.5) is 0 Å². The SMILES string of the molecule is O=C(O)CCCCn1c(=O)[nH]c2sc3c(c2c1=O)CCC3. The van der Waals surface area contributed by atoms with Gasteiger partial charge in [0.1, 0.15) is 4.83 Å². The van der Waals surface area contributed by atoms with Crippen molar-refractivity contribution in [1.29, 1.82) is 0 Å². The van der Waals surface area contributed by atoms with E-state index in [0.29, 0.717) is 23.1 Å².